The fraction of sp³-hybridized carbons (Fsp3) is 0.471. The third-order valence-corrected chi connectivity index (χ3v) is 3.63. The molecule has 7 nitrogen and oxygen atoms in total. The first kappa shape index (κ1) is 17.8. The molecule has 0 spiro atoms. The van der Waals surface area contributed by atoms with Gasteiger partial charge in [0.15, 0.2) is 5.82 Å². The average molecular weight is 332 g/mol. The number of aryl methyl sites for hydroxylation is 2. The molecule has 0 aliphatic heterocycles. The molecule has 0 aliphatic carbocycles. The molecule has 0 unspecified atom stereocenters. The van der Waals surface area contributed by atoms with Crippen molar-refractivity contribution >= 4 is 11.7 Å². The van der Waals surface area contributed by atoms with Gasteiger partial charge >= 0.3 is 6.03 Å². The van der Waals surface area contributed by atoms with Crippen LogP contribution in [-0.4, -0.2) is 34.7 Å². The number of ether oxygens (including phenoxy) is 1. The molecule has 0 atom stereocenters. The highest BCUT2D eigenvalue weighted by Crippen LogP contribution is 2.22. The number of hydrogen-bond acceptors (Lipinski definition) is 5. The molecule has 0 aliphatic rings. The molecule has 2 aromatic rings. The van der Waals surface area contributed by atoms with Crippen molar-refractivity contribution in [3.63, 3.8) is 0 Å². The van der Waals surface area contributed by atoms with E-state index in [1.807, 2.05) is 32.9 Å². The molecule has 1 aromatic heterocycles. The number of anilines is 1. The Bertz CT molecular complexity index is 684. The molecule has 130 valence electrons. The number of aromatic nitrogens is 2. The predicted molar refractivity (Wildman–Crippen MR) is 91.1 cm³/mol. The third kappa shape index (κ3) is 4.47. The Balaban J connectivity index is 2.02. The molecule has 0 radical (unpaired) electrons. The zero-order valence-corrected chi connectivity index (χ0v) is 14.6. The van der Waals surface area contributed by atoms with Crippen LogP contribution in [0.25, 0.3) is 0 Å². The number of hydrogen-bond donors (Lipinski definition) is 1. The van der Waals surface area contributed by atoms with Crippen molar-refractivity contribution < 1.29 is 14.1 Å². The van der Waals surface area contributed by atoms with Gasteiger partial charge in [0.1, 0.15) is 5.75 Å². The molecular formula is C17H24N4O3. The molecule has 0 saturated heterocycles. The minimum Gasteiger partial charge on any atom is -0.496 e. The van der Waals surface area contributed by atoms with E-state index in [1.54, 1.807) is 18.1 Å². The van der Waals surface area contributed by atoms with Crippen LogP contribution in [0.4, 0.5) is 10.5 Å². The average Bonchev–Trinajstić information content (AvgIpc) is 3.01. The Kier molecular flexibility index (Phi) is 6.17. The molecule has 2 amide bonds. The number of nitrogens with zero attached hydrogens (tertiary/aromatic N) is 3. The van der Waals surface area contributed by atoms with E-state index in [-0.39, 0.29) is 6.03 Å². The molecule has 0 fully saturated rings. The number of carbonyl (C=O) groups excluding carboxylic acids is 1. The summed E-state index contributed by atoms with van der Waals surface area (Å²) < 4.78 is 10.4. The second-order valence-electron chi connectivity index (χ2n) is 5.48. The van der Waals surface area contributed by atoms with Crippen LogP contribution < -0.4 is 10.1 Å². The highest BCUT2D eigenvalue weighted by Gasteiger charge is 2.16. The van der Waals surface area contributed by atoms with E-state index in [2.05, 4.69) is 15.5 Å². The molecule has 2 rings (SSSR count). The first-order chi connectivity index (χ1) is 11.6. The largest absolute Gasteiger partial charge is 0.496 e. The number of nitrogens with one attached hydrogen (secondary N) is 1. The zero-order valence-electron chi connectivity index (χ0n) is 14.6. The Morgan fingerprint density at radius 3 is 2.83 bits per heavy atom. The van der Waals surface area contributed by atoms with Gasteiger partial charge in [-0.15, -0.1) is 0 Å². The van der Waals surface area contributed by atoms with Crippen molar-refractivity contribution in [1.82, 2.24) is 15.0 Å². The van der Waals surface area contributed by atoms with Gasteiger partial charge in [0.2, 0.25) is 5.89 Å². The van der Waals surface area contributed by atoms with Crippen LogP contribution in [0, 0.1) is 6.92 Å². The Labute approximate surface area is 142 Å². The van der Waals surface area contributed by atoms with E-state index < -0.39 is 0 Å². The van der Waals surface area contributed by atoms with E-state index in [4.69, 9.17) is 9.26 Å². The highest BCUT2D eigenvalue weighted by molar-refractivity contribution is 5.89. The van der Waals surface area contributed by atoms with E-state index in [0.29, 0.717) is 30.5 Å². The zero-order chi connectivity index (χ0) is 17.5. The molecular weight excluding hydrogens is 308 g/mol. The van der Waals surface area contributed by atoms with E-state index in [9.17, 15) is 4.79 Å². The molecule has 0 saturated carbocycles. The maximum atomic E-state index is 12.5. The van der Waals surface area contributed by atoms with Crippen LogP contribution >= 0.6 is 0 Å². The lowest BCUT2D eigenvalue weighted by molar-refractivity contribution is 0.210. The summed E-state index contributed by atoms with van der Waals surface area (Å²) in [6, 6.07) is 5.33. The predicted octanol–water partition coefficient (Wildman–Crippen LogP) is 3.39. The van der Waals surface area contributed by atoms with Crippen molar-refractivity contribution in [2.24, 2.45) is 0 Å². The van der Waals surface area contributed by atoms with Gasteiger partial charge in [-0.05, 0) is 31.9 Å². The number of amides is 2. The second-order valence-corrected chi connectivity index (χ2v) is 5.48. The number of urea groups is 1. The van der Waals surface area contributed by atoms with E-state index in [1.165, 1.54) is 0 Å². The summed E-state index contributed by atoms with van der Waals surface area (Å²) in [5.41, 5.74) is 1.69. The molecule has 1 heterocycles. The summed E-state index contributed by atoms with van der Waals surface area (Å²) >= 11 is 0. The van der Waals surface area contributed by atoms with Crippen LogP contribution in [-0.2, 0) is 13.0 Å². The minimum absolute atomic E-state index is 0.217. The SMILES string of the molecule is CCCc1nc(CN(CC)C(=O)Nc2ccc(C)c(OC)c2)no1. The molecule has 7 heteroatoms. The standard InChI is InChI=1S/C17H24N4O3/c1-5-7-16-19-15(20-24-16)11-21(6-2)17(22)18-13-9-8-12(3)14(10-13)23-4/h8-10H,5-7,11H2,1-4H3,(H,18,22). The molecule has 24 heavy (non-hydrogen) atoms. The van der Waals surface area contributed by atoms with Gasteiger partial charge in [0, 0.05) is 24.7 Å². The topological polar surface area (TPSA) is 80.5 Å². The maximum Gasteiger partial charge on any atom is 0.322 e. The lowest BCUT2D eigenvalue weighted by atomic mass is 10.2. The summed E-state index contributed by atoms with van der Waals surface area (Å²) in [5, 5.41) is 6.79. The first-order valence-corrected chi connectivity index (χ1v) is 8.09. The number of carbonyl (C=O) groups is 1. The van der Waals surface area contributed by atoms with Gasteiger partial charge in [-0.3, -0.25) is 0 Å². The number of benzene rings is 1. The third-order valence-electron chi connectivity index (χ3n) is 3.63. The van der Waals surface area contributed by atoms with Crippen molar-refractivity contribution in [2.75, 3.05) is 19.0 Å². The second kappa shape index (κ2) is 8.33. The molecule has 1 N–H and O–H groups in total. The minimum atomic E-state index is -0.217. The van der Waals surface area contributed by atoms with Crippen LogP contribution in [0.3, 0.4) is 0 Å². The monoisotopic (exact) mass is 332 g/mol. The van der Waals surface area contributed by atoms with Crippen molar-refractivity contribution in [3.05, 3.63) is 35.5 Å². The molecule has 0 bridgehead atoms. The van der Waals surface area contributed by atoms with Gasteiger partial charge < -0.3 is 19.5 Å². The van der Waals surface area contributed by atoms with Crippen LogP contribution in [0.15, 0.2) is 22.7 Å². The van der Waals surface area contributed by atoms with E-state index >= 15 is 0 Å². The Morgan fingerprint density at radius 2 is 2.17 bits per heavy atom. The van der Waals surface area contributed by atoms with Gasteiger partial charge in [-0.1, -0.05) is 18.1 Å². The summed E-state index contributed by atoms with van der Waals surface area (Å²) in [6.07, 6.45) is 1.68. The summed E-state index contributed by atoms with van der Waals surface area (Å²) in [5.74, 6) is 1.85. The number of rotatable bonds is 7. The van der Waals surface area contributed by atoms with Crippen molar-refractivity contribution in [1.29, 1.82) is 0 Å². The van der Waals surface area contributed by atoms with Crippen molar-refractivity contribution in [3.8, 4) is 5.75 Å². The van der Waals surface area contributed by atoms with Crippen LogP contribution in [0.1, 0.15) is 37.5 Å². The number of methoxy groups -OCH3 is 1. The quantitative estimate of drug-likeness (QED) is 0.840. The molecule has 1 aromatic carbocycles. The fourth-order valence-corrected chi connectivity index (χ4v) is 2.27. The lowest BCUT2D eigenvalue weighted by Gasteiger charge is -2.20. The summed E-state index contributed by atoms with van der Waals surface area (Å²) in [6.45, 7) is 6.74. The van der Waals surface area contributed by atoms with Crippen molar-refractivity contribution in [2.45, 2.75) is 40.2 Å². The maximum absolute atomic E-state index is 12.5. The smallest absolute Gasteiger partial charge is 0.322 e. The normalized spacial score (nSPS) is 10.5. The van der Waals surface area contributed by atoms with Crippen LogP contribution in [0.5, 0.6) is 5.75 Å². The van der Waals surface area contributed by atoms with Gasteiger partial charge in [-0.25, -0.2) is 4.79 Å². The van der Waals surface area contributed by atoms with Gasteiger partial charge in [0.25, 0.3) is 0 Å². The van der Waals surface area contributed by atoms with Crippen LogP contribution in [0.2, 0.25) is 0 Å². The van der Waals surface area contributed by atoms with E-state index in [0.717, 1.165) is 24.2 Å². The fourth-order valence-electron chi connectivity index (χ4n) is 2.27. The van der Waals surface area contributed by atoms with Gasteiger partial charge in [0.05, 0.1) is 13.7 Å². The summed E-state index contributed by atoms with van der Waals surface area (Å²) in [4.78, 5) is 18.4. The summed E-state index contributed by atoms with van der Waals surface area (Å²) in [7, 11) is 1.61. The Morgan fingerprint density at radius 1 is 1.38 bits per heavy atom. The first-order valence-electron chi connectivity index (χ1n) is 8.09. The highest BCUT2D eigenvalue weighted by atomic mass is 16.5. The Hall–Kier alpha value is -2.57. The lowest BCUT2D eigenvalue weighted by Crippen LogP contribution is -2.34. The van der Waals surface area contributed by atoms with Gasteiger partial charge in [-0.2, -0.15) is 4.98 Å².